The van der Waals surface area contributed by atoms with E-state index in [-0.39, 0.29) is 42.5 Å². The van der Waals surface area contributed by atoms with Crippen LogP contribution >= 0.6 is 0 Å². The van der Waals surface area contributed by atoms with Crippen molar-refractivity contribution in [2.45, 2.75) is 32.6 Å². The molecule has 0 aromatic heterocycles. The number of rotatable bonds is 4. The van der Waals surface area contributed by atoms with Gasteiger partial charge in [0.2, 0.25) is 11.8 Å². The third-order valence-electron chi connectivity index (χ3n) is 3.70. The molecule has 2 aliphatic rings. The Morgan fingerprint density at radius 1 is 1.35 bits per heavy atom. The lowest BCUT2D eigenvalue weighted by Crippen LogP contribution is -2.36. The van der Waals surface area contributed by atoms with Crippen molar-refractivity contribution in [1.82, 2.24) is 4.90 Å². The van der Waals surface area contributed by atoms with Crippen LogP contribution in [-0.4, -0.2) is 34.3 Å². The van der Waals surface area contributed by atoms with Crippen molar-refractivity contribution >= 4 is 17.8 Å². The minimum absolute atomic E-state index is 0.00755. The molecule has 0 bridgehead atoms. The van der Waals surface area contributed by atoms with Crippen LogP contribution in [0.5, 0.6) is 0 Å². The van der Waals surface area contributed by atoms with E-state index in [1.54, 1.807) is 6.92 Å². The zero-order valence-electron chi connectivity index (χ0n) is 9.89. The van der Waals surface area contributed by atoms with Crippen molar-refractivity contribution in [2.75, 3.05) is 6.54 Å². The summed E-state index contributed by atoms with van der Waals surface area (Å²) < 4.78 is 0. The fourth-order valence-corrected chi connectivity index (χ4v) is 2.91. The summed E-state index contributed by atoms with van der Waals surface area (Å²) in [5.41, 5.74) is 0. The highest BCUT2D eigenvalue weighted by Gasteiger charge is 2.49. The number of nitrogens with zero attached hydrogens (tertiary/aromatic N) is 1. The first-order valence-corrected chi connectivity index (χ1v) is 6.07. The lowest BCUT2D eigenvalue weighted by molar-refractivity contribution is -0.143. The number of imide groups is 1. The molecule has 1 heterocycles. The molecule has 3 unspecified atom stereocenters. The van der Waals surface area contributed by atoms with E-state index in [9.17, 15) is 14.4 Å². The Kier molecular flexibility index (Phi) is 3.17. The van der Waals surface area contributed by atoms with Crippen LogP contribution in [0.25, 0.3) is 0 Å². The topological polar surface area (TPSA) is 74.7 Å². The molecule has 0 aromatic carbocycles. The van der Waals surface area contributed by atoms with Gasteiger partial charge in [0.25, 0.3) is 0 Å². The number of fused-ring (bicyclic) bond motifs is 1. The predicted octanol–water partition coefficient (Wildman–Crippen LogP) is 0.882. The molecule has 1 saturated heterocycles. The van der Waals surface area contributed by atoms with Crippen LogP contribution in [0.4, 0.5) is 0 Å². The highest BCUT2D eigenvalue weighted by atomic mass is 16.4. The van der Waals surface area contributed by atoms with Crippen LogP contribution in [-0.2, 0) is 14.4 Å². The monoisotopic (exact) mass is 239 g/mol. The van der Waals surface area contributed by atoms with Gasteiger partial charge in [0.1, 0.15) is 0 Å². The van der Waals surface area contributed by atoms with Crippen LogP contribution in [0.15, 0.2) is 0 Å². The Balaban J connectivity index is 2.00. The summed E-state index contributed by atoms with van der Waals surface area (Å²) in [6.45, 7) is 2.00. The summed E-state index contributed by atoms with van der Waals surface area (Å²) in [6.07, 6.45) is 2.55. The van der Waals surface area contributed by atoms with Crippen molar-refractivity contribution in [2.24, 2.45) is 17.8 Å². The number of aliphatic carboxylic acids is 1. The first-order chi connectivity index (χ1) is 8.00. The Labute approximate surface area is 99.8 Å². The lowest BCUT2D eigenvalue weighted by atomic mass is 10.00. The van der Waals surface area contributed by atoms with E-state index in [0.29, 0.717) is 0 Å². The van der Waals surface area contributed by atoms with Gasteiger partial charge in [-0.3, -0.25) is 19.3 Å². The van der Waals surface area contributed by atoms with Crippen LogP contribution in [0.3, 0.4) is 0 Å². The van der Waals surface area contributed by atoms with Gasteiger partial charge in [-0.2, -0.15) is 0 Å². The Bertz CT molecular complexity index is 344. The van der Waals surface area contributed by atoms with Gasteiger partial charge in [-0.05, 0) is 18.8 Å². The van der Waals surface area contributed by atoms with E-state index in [4.69, 9.17) is 5.11 Å². The van der Waals surface area contributed by atoms with Gasteiger partial charge >= 0.3 is 5.97 Å². The summed E-state index contributed by atoms with van der Waals surface area (Å²) in [6, 6.07) is 0. The average molecular weight is 239 g/mol. The van der Waals surface area contributed by atoms with Crippen molar-refractivity contribution in [3.8, 4) is 0 Å². The number of carbonyl (C=O) groups excluding carboxylic acids is 2. The molecule has 0 radical (unpaired) electrons. The third kappa shape index (κ3) is 2.18. The number of hydrogen-bond donors (Lipinski definition) is 1. The minimum Gasteiger partial charge on any atom is -0.481 e. The van der Waals surface area contributed by atoms with Gasteiger partial charge in [0.05, 0.1) is 11.8 Å². The molecule has 0 spiro atoms. The molecule has 1 N–H and O–H groups in total. The van der Waals surface area contributed by atoms with E-state index in [1.165, 1.54) is 4.90 Å². The molecule has 3 atom stereocenters. The zero-order valence-corrected chi connectivity index (χ0v) is 9.89. The van der Waals surface area contributed by atoms with Crippen LogP contribution in [0, 0.1) is 17.8 Å². The van der Waals surface area contributed by atoms with Crippen molar-refractivity contribution < 1.29 is 19.5 Å². The van der Waals surface area contributed by atoms with Crippen molar-refractivity contribution in [3.05, 3.63) is 0 Å². The second kappa shape index (κ2) is 4.47. The quantitative estimate of drug-likeness (QED) is 0.739. The number of carboxylic acids is 1. The van der Waals surface area contributed by atoms with Gasteiger partial charge in [-0.15, -0.1) is 0 Å². The maximum absolute atomic E-state index is 12.0. The predicted molar refractivity (Wildman–Crippen MR) is 59.0 cm³/mol. The lowest BCUT2D eigenvalue weighted by Gasteiger charge is -2.19. The number of carbonyl (C=O) groups is 3. The standard InChI is InChI=1S/C12H17NO4/c1-7(5-10(14)15)6-13-11(16)8-3-2-4-9(8)12(13)17/h7-9H,2-6H2,1H3,(H,14,15). The van der Waals surface area contributed by atoms with E-state index in [2.05, 4.69) is 0 Å². The van der Waals surface area contributed by atoms with Crippen LogP contribution in [0.2, 0.25) is 0 Å². The Morgan fingerprint density at radius 2 is 1.88 bits per heavy atom. The largest absolute Gasteiger partial charge is 0.481 e. The number of amides is 2. The second-order valence-corrected chi connectivity index (χ2v) is 5.13. The van der Waals surface area contributed by atoms with E-state index in [0.717, 1.165) is 19.3 Å². The fourth-order valence-electron chi connectivity index (χ4n) is 2.91. The van der Waals surface area contributed by atoms with Gasteiger partial charge < -0.3 is 5.11 Å². The molecule has 5 nitrogen and oxygen atoms in total. The molecule has 94 valence electrons. The molecule has 2 amide bonds. The van der Waals surface area contributed by atoms with Crippen molar-refractivity contribution in [1.29, 1.82) is 0 Å². The van der Waals surface area contributed by atoms with Gasteiger partial charge in [0.15, 0.2) is 0 Å². The second-order valence-electron chi connectivity index (χ2n) is 5.13. The summed E-state index contributed by atoms with van der Waals surface area (Å²) >= 11 is 0. The zero-order chi connectivity index (χ0) is 12.6. The highest BCUT2D eigenvalue weighted by Crippen LogP contribution is 2.39. The smallest absolute Gasteiger partial charge is 0.303 e. The fraction of sp³-hybridized carbons (Fsp3) is 0.750. The first kappa shape index (κ1) is 12.1. The van der Waals surface area contributed by atoms with E-state index < -0.39 is 5.97 Å². The third-order valence-corrected chi connectivity index (χ3v) is 3.70. The normalized spacial score (nSPS) is 29.6. The maximum atomic E-state index is 12.0. The number of likely N-dealkylation sites (tertiary alicyclic amines) is 1. The number of hydrogen-bond acceptors (Lipinski definition) is 3. The summed E-state index contributed by atoms with van der Waals surface area (Å²) in [5, 5.41) is 8.66. The SMILES string of the molecule is CC(CC(=O)O)CN1C(=O)C2CCCC2C1=O. The molecule has 2 rings (SSSR count). The highest BCUT2D eigenvalue weighted by molar-refractivity contribution is 6.05. The molecule has 2 fully saturated rings. The molecule has 5 heteroatoms. The van der Waals surface area contributed by atoms with E-state index >= 15 is 0 Å². The molecular formula is C12H17NO4. The minimum atomic E-state index is -0.892. The molecule has 0 aromatic rings. The van der Waals surface area contributed by atoms with Gasteiger partial charge in [0, 0.05) is 13.0 Å². The van der Waals surface area contributed by atoms with Crippen molar-refractivity contribution in [3.63, 3.8) is 0 Å². The number of carboxylic acid groups (broad SMARTS) is 1. The van der Waals surface area contributed by atoms with E-state index in [1.807, 2.05) is 0 Å². The summed E-state index contributed by atoms with van der Waals surface area (Å²) in [7, 11) is 0. The van der Waals surface area contributed by atoms with Crippen LogP contribution < -0.4 is 0 Å². The first-order valence-electron chi connectivity index (χ1n) is 6.07. The maximum Gasteiger partial charge on any atom is 0.303 e. The molecular weight excluding hydrogens is 222 g/mol. The average Bonchev–Trinajstić information content (AvgIpc) is 2.77. The molecule has 1 aliphatic heterocycles. The Morgan fingerprint density at radius 3 is 2.35 bits per heavy atom. The summed E-state index contributed by atoms with van der Waals surface area (Å²) in [4.78, 5) is 35.8. The van der Waals surface area contributed by atoms with Gasteiger partial charge in [-0.1, -0.05) is 13.3 Å². The molecule has 1 saturated carbocycles. The van der Waals surface area contributed by atoms with Gasteiger partial charge in [-0.25, -0.2) is 0 Å². The Hall–Kier alpha value is -1.39. The summed E-state index contributed by atoms with van der Waals surface area (Å²) in [5.74, 6) is -1.50. The molecule has 1 aliphatic carbocycles. The molecule has 17 heavy (non-hydrogen) atoms. The van der Waals surface area contributed by atoms with Crippen LogP contribution in [0.1, 0.15) is 32.6 Å².